The van der Waals surface area contributed by atoms with Crippen molar-refractivity contribution in [2.75, 3.05) is 0 Å². The summed E-state index contributed by atoms with van der Waals surface area (Å²) in [6.07, 6.45) is 0. The molecule has 0 saturated carbocycles. The molecule has 0 aliphatic heterocycles. The molecule has 17 heavy (non-hydrogen) atoms. The monoisotopic (exact) mass is 249 g/mol. The van der Waals surface area contributed by atoms with Gasteiger partial charge in [0.1, 0.15) is 11.9 Å². The van der Waals surface area contributed by atoms with Gasteiger partial charge in [-0.1, -0.05) is 17.8 Å². The van der Waals surface area contributed by atoms with Gasteiger partial charge in [-0.2, -0.15) is 5.26 Å². The molecule has 0 saturated heterocycles. The highest BCUT2D eigenvalue weighted by molar-refractivity contribution is 7.98. The maximum Gasteiger partial charge on any atom is 0.209 e. The second-order valence-corrected chi connectivity index (χ2v) is 4.24. The van der Waals surface area contributed by atoms with Crippen molar-refractivity contribution in [1.82, 2.24) is 20.2 Å². The predicted molar refractivity (Wildman–Crippen MR) is 59.5 cm³/mol. The standard InChI is InChI=1S/C10H8FN5S/c1-16-10(13-14-15-16)17-6-7-2-3-9(11)8(4-7)5-12/h2-4H,6H2,1H3. The second-order valence-electron chi connectivity index (χ2n) is 3.30. The third-order valence-corrected chi connectivity index (χ3v) is 3.18. The lowest BCUT2D eigenvalue weighted by Gasteiger charge is -2.01. The van der Waals surface area contributed by atoms with E-state index in [4.69, 9.17) is 5.26 Å². The van der Waals surface area contributed by atoms with E-state index in [1.807, 2.05) is 6.07 Å². The SMILES string of the molecule is Cn1nnnc1SCc1ccc(F)c(C#N)c1. The fourth-order valence-corrected chi connectivity index (χ4v) is 2.03. The van der Waals surface area contributed by atoms with E-state index in [2.05, 4.69) is 15.5 Å². The molecule has 0 aliphatic carbocycles. The van der Waals surface area contributed by atoms with Crippen molar-refractivity contribution in [3.8, 4) is 6.07 Å². The average molecular weight is 249 g/mol. The molecule has 5 nitrogen and oxygen atoms in total. The first-order valence-corrected chi connectivity index (χ1v) is 5.73. The molecule has 1 aromatic carbocycles. The van der Waals surface area contributed by atoms with Crippen LogP contribution in [0, 0.1) is 17.1 Å². The van der Waals surface area contributed by atoms with Crippen molar-refractivity contribution in [3.63, 3.8) is 0 Å². The molecule has 0 amide bonds. The second kappa shape index (κ2) is 4.93. The van der Waals surface area contributed by atoms with Crippen LogP contribution in [0.3, 0.4) is 0 Å². The van der Waals surface area contributed by atoms with Crippen LogP contribution >= 0.6 is 11.8 Å². The van der Waals surface area contributed by atoms with Gasteiger partial charge in [0.05, 0.1) is 5.56 Å². The molecular formula is C10H8FN5S. The highest BCUT2D eigenvalue weighted by atomic mass is 32.2. The number of thioether (sulfide) groups is 1. The Morgan fingerprint density at radius 3 is 3.00 bits per heavy atom. The van der Waals surface area contributed by atoms with Crippen LogP contribution in [0.2, 0.25) is 0 Å². The van der Waals surface area contributed by atoms with Crippen molar-refractivity contribution in [1.29, 1.82) is 5.26 Å². The van der Waals surface area contributed by atoms with Gasteiger partial charge in [0.15, 0.2) is 0 Å². The van der Waals surface area contributed by atoms with Crippen molar-refractivity contribution in [3.05, 3.63) is 35.1 Å². The molecule has 0 atom stereocenters. The number of tetrazole rings is 1. The van der Waals surface area contributed by atoms with Crippen LogP contribution in [0.25, 0.3) is 0 Å². The molecule has 0 unspecified atom stereocenters. The fourth-order valence-electron chi connectivity index (χ4n) is 1.24. The molecule has 1 heterocycles. The van der Waals surface area contributed by atoms with E-state index in [-0.39, 0.29) is 5.56 Å². The topological polar surface area (TPSA) is 67.4 Å². The van der Waals surface area contributed by atoms with Crippen LogP contribution in [-0.2, 0) is 12.8 Å². The van der Waals surface area contributed by atoms with E-state index in [1.54, 1.807) is 17.8 Å². The molecule has 1 aromatic heterocycles. The van der Waals surface area contributed by atoms with Crippen LogP contribution in [0.4, 0.5) is 4.39 Å². The summed E-state index contributed by atoms with van der Waals surface area (Å²) in [5.74, 6) is 0.0879. The summed E-state index contributed by atoms with van der Waals surface area (Å²) in [5, 5.41) is 20.4. The molecule has 86 valence electrons. The Morgan fingerprint density at radius 2 is 2.35 bits per heavy atom. The van der Waals surface area contributed by atoms with E-state index in [1.165, 1.54) is 23.9 Å². The van der Waals surface area contributed by atoms with Gasteiger partial charge in [-0.25, -0.2) is 9.07 Å². The number of halogens is 1. The van der Waals surface area contributed by atoms with Gasteiger partial charge in [-0.05, 0) is 28.1 Å². The fraction of sp³-hybridized carbons (Fsp3) is 0.200. The van der Waals surface area contributed by atoms with Gasteiger partial charge >= 0.3 is 0 Å². The lowest BCUT2D eigenvalue weighted by atomic mass is 10.1. The number of aryl methyl sites for hydroxylation is 1. The van der Waals surface area contributed by atoms with Gasteiger partial charge in [-0.3, -0.25) is 0 Å². The molecule has 7 heteroatoms. The Morgan fingerprint density at radius 1 is 1.53 bits per heavy atom. The largest absolute Gasteiger partial charge is 0.224 e. The molecule has 0 fully saturated rings. The zero-order valence-corrected chi connectivity index (χ0v) is 9.78. The zero-order chi connectivity index (χ0) is 12.3. The van der Waals surface area contributed by atoms with Crippen LogP contribution in [0.1, 0.15) is 11.1 Å². The number of benzene rings is 1. The summed E-state index contributed by atoms with van der Waals surface area (Å²) in [5.41, 5.74) is 0.912. The van der Waals surface area contributed by atoms with Crippen LogP contribution < -0.4 is 0 Å². The molecule has 0 bridgehead atoms. The minimum Gasteiger partial charge on any atom is -0.224 e. The number of nitrogens with zero attached hydrogens (tertiary/aromatic N) is 5. The first-order chi connectivity index (χ1) is 8.20. The lowest BCUT2D eigenvalue weighted by Crippen LogP contribution is -1.94. The maximum absolute atomic E-state index is 13.1. The van der Waals surface area contributed by atoms with Crippen LogP contribution in [0.15, 0.2) is 23.4 Å². The smallest absolute Gasteiger partial charge is 0.209 e. The molecule has 0 spiro atoms. The number of hydrogen-bond acceptors (Lipinski definition) is 5. The number of nitriles is 1. The highest BCUT2D eigenvalue weighted by Crippen LogP contribution is 2.20. The summed E-state index contributed by atoms with van der Waals surface area (Å²) in [7, 11) is 1.74. The number of hydrogen-bond donors (Lipinski definition) is 0. The maximum atomic E-state index is 13.1. The number of aromatic nitrogens is 4. The molecule has 0 N–H and O–H groups in total. The Balaban J connectivity index is 2.10. The Bertz CT molecular complexity index is 574. The van der Waals surface area contributed by atoms with E-state index in [0.29, 0.717) is 10.9 Å². The average Bonchev–Trinajstić information content (AvgIpc) is 2.74. The third kappa shape index (κ3) is 2.60. The van der Waals surface area contributed by atoms with Crippen molar-refractivity contribution < 1.29 is 4.39 Å². The third-order valence-electron chi connectivity index (χ3n) is 2.10. The quantitative estimate of drug-likeness (QED) is 0.771. The van der Waals surface area contributed by atoms with Crippen LogP contribution in [0.5, 0.6) is 0 Å². The summed E-state index contributed by atoms with van der Waals surface area (Å²) >= 11 is 1.43. The van der Waals surface area contributed by atoms with E-state index < -0.39 is 5.82 Å². The van der Waals surface area contributed by atoms with Gasteiger partial charge in [0, 0.05) is 12.8 Å². The zero-order valence-electron chi connectivity index (χ0n) is 8.96. The van der Waals surface area contributed by atoms with Gasteiger partial charge in [0.25, 0.3) is 0 Å². The Kier molecular flexibility index (Phi) is 3.35. The first-order valence-electron chi connectivity index (χ1n) is 4.74. The van der Waals surface area contributed by atoms with Gasteiger partial charge < -0.3 is 0 Å². The highest BCUT2D eigenvalue weighted by Gasteiger charge is 2.06. The molecule has 2 rings (SSSR count). The Labute approximate surface area is 101 Å². The summed E-state index contributed by atoms with van der Waals surface area (Å²) in [4.78, 5) is 0. The lowest BCUT2D eigenvalue weighted by molar-refractivity contribution is 0.623. The van der Waals surface area contributed by atoms with Gasteiger partial charge in [0.2, 0.25) is 5.16 Å². The van der Waals surface area contributed by atoms with E-state index in [9.17, 15) is 4.39 Å². The van der Waals surface area contributed by atoms with Crippen LogP contribution in [-0.4, -0.2) is 20.2 Å². The predicted octanol–water partition coefficient (Wildman–Crippen LogP) is 1.51. The summed E-state index contributed by atoms with van der Waals surface area (Å²) in [6, 6.07) is 6.29. The molecule has 2 aromatic rings. The summed E-state index contributed by atoms with van der Waals surface area (Å²) < 4.78 is 14.6. The molecular weight excluding hydrogens is 241 g/mol. The van der Waals surface area contributed by atoms with E-state index in [0.717, 1.165) is 5.56 Å². The van der Waals surface area contributed by atoms with Crippen molar-refractivity contribution in [2.45, 2.75) is 10.9 Å². The first kappa shape index (κ1) is 11.5. The minimum atomic E-state index is -0.499. The summed E-state index contributed by atoms with van der Waals surface area (Å²) in [6.45, 7) is 0. The van der Waals surface area contributed by atoms with Gasteiger partial charge in [-0.15, -0.1) is 5.10 Å². The Hall–Kier alpha value is -1.94. The van der Waals surface area contributed by atoms with E-state index >= 15 is 0 Å². The van der Waals surface area contributed by atoms with Crippen molar-refractivity contribution in [2.24, 2.45) is 7.05 Å². The number of rotatable bonds is 3. The van der Waals surface area contributed by atoms with Crippen molar-refractivity contribution >= 4 is 11.8 Å². The normalized spacial score (nSPS) is 10.2. The molecule has 0 radical (unpaired) electrons. The minimum absolute atomic E-state index is 0.0548. The molecule has 0 aliphatic rings.